The van der Waals surface area contributed by atoms with Crippen LogP contribution in [-0.4, -0.2) is 14.5 Å². The third-order valence-corrected chi connectivity index (χ3v) is 4.53. The smallest absolute Gasteiger partial charge is 0.261 e. The average Bonchev–Trinajstić information content (AvgIpc) is 3.07. The Labute approximate surface area is 158 Å². The Kier molecular flexibility index (Phi) is 4.26. The molecule has 2 aromatic carbocycles. The molecule has 130 valence electrons. The van der Waals surface area contributed by atoms with Gasteiger partial charge in [-0.1, -0.05) is 40.9 Å². The number of oxazole rings is 1. The van der Waals surface area contributed by atoms with Crippen molar-refractivity contribution in [1.29, 1.82) is 0 Å². The average molecular weight is 386 g/mol. The van der Waals surface area contributed by atoms with E-state index in [9.17, 15) is 4.79 Å². The molecule has 26 heavy (non-hydrogen) atoms. The fourth-order valence-electron chi connectivity index (χ4n) is 2.69. The molecule has 0 spiro atoms. The molecule has 2 heterocycles. The molecule has 0 atom stereocenters. The Hall–Kier alpha value is -2.63. The van der Waals surface area contributed by atoms with Crippen molar-refractivity contribution in [2.45, 2.75) is 13.5 Å². The Balaban J connectivity index is 1.69. The molecule has 0 saturated heterocycles. The van der Waals surface area contributed by atoms with Crippen molar-refractivity contribution in [3.05, 3.63) is 80.6 Å². The summed E-state index contributed by atoms with van der Waals surface area (Å²) in [6.45, 7) is 2.25. The molecule has 0 fully saturated rings. The topological polar surface area (TPSA) is 60.9 Å². The predicted molar refractivity (Wildman–Crippen MR) is 102 cm³/mol. The van der Waals surface area contributed by atoms with Crippen molar-refractivity contribution >= 4 is 34.1 Å². The van der Waals surface area contributed by atoms with Crippen molar-refractivity contribution in [1.82, 2.24) is 14.5 Å². The van der Waals surface area contributed by atoms with Gasteiger partial charge in [-0.3, -0.25) is 9.36 Å². The number of rotatable bonds is 3. The number of nitrogens with zero attached hydrogens (tertiary/aromatic N) is 3. The molecule has 7 heteroatoms. The van der Waals surface area contributed by atoms with E-state index in [0.29, 0.717) is 32.5 Å². The number of fused-ring (bicyclic) bond motifs is 1. The summed E-state index contributed by atoms with van der Waals surface area (Å²) < 4.78 is 6.99. The van der Waals surface area contributed by atoms with E-state index < -0.39 is 0 Å². The van der Waals surface area contributed by atoms with Gasteiger partial charge < -0.3 is 4.42 Å². The highest BCUT2D eigenvalue weighted by atomic mass is 35.5. The minimum absolute atomic E-state index is 0.237. The van der Waals surface area contributed by atoms with Gasteiger partial charge in [0.1, 0.15) is 6.26 Å². The maximum Gasteiger partial charge on any atom is 0.261 e. The molecule has 4 aromatic rings. The van der Waals surface area contributed by atoms with Crippen molar-refractivity contribution in [3.63, 3.8) is 0 Å². The number of aryl methyl sites for hydroxylation is 1. The summed E-state index contributed by atoms with van der Waals surface area (Å²) in [5, 5.41) is 1.11. The van der Waals surface area contributed by atoms with Crippen LogP contribution in [0.1, 0.15) is 11.3 Å². The van der Waals surface area contributed by atoms with Crippen LogP contribution in [0.5, 0.6) is 0 Å². The Morgan fingerprint density at radius 2 is 1.92 bits per heavy atom. The van der Waals surface area contributed by atoms with E-state index in [1.54, 1.807) is 12.1 Å². The normalized spacial score (nSPS) is 11.2. The van der Waals surface area contributed by atoms with Crippen LogP contribution in [0.2, 0.25) is 10.0 Å². The highest BCUT2D eigenvalue weighted by Gasteiger charge is 2.12. The van der Waals surface area contributed by atoms with Gasteiger partial charge in [-0.05, 0) is 31.2 Å². The van der Waals surface area contributed by atoms with E-state index in [1.807, 2.05) is 31.2 Å². The first-order chi connectivity index (χ1) is 12.5. The zero-order valence-electron chi connectivity index (χ0n) is 13.7. The van der Waals surface area contributed by atoms with Crippen LogP contribution in [-0.2, 0) is 6.54 Å². The fraction of sp³-hybridized carbons (Fsp3) is 0.105. The van der Waals surface area contributed by atoms with Gasteiger partial charge in [0.25, 0.3) is 5.56 Å². The first-order valence-corrected chi connectivity index (χ1v) is 8.62. The zero-order valence-corrected chi connectivity index (χ0v) is 15.3. The summed E-state index contributed by atoms with van der Waals surface area (Å²) >= 11 is 12.1. The molecular weight excluding hydrogens is 373 g/mol. The van der Waals surface area contributed by atoms with Crippen LogP contribution in [0.4, 0.5) is 0 Å². The van der Waals surface area contributed by atoms with E-state index >= 15 is 0 Å². The maximum atomic E-state index is 12.7. The van der Waals surface area contributed by atoms with Gasteiger partial charge in [0.05, 0.1) is 34.5 Å². The van der Waals surface area contributed by atoms with Gasteiger partial charge in [-0.2, -0.15) is 0 Å². The van der Waals surface area contributed by atoms with Crippen molar-refractivity contribution in [3.8, 4) is 11.5 Å². The third kappa shape index (κ3) is 3.11. The summed E-state index contributed by atoms with van der Waals surface area (Å²) in [7, 11) is 0. The molecule has 0 radical (unpaired) electrons. The minimum atomic E-state index is -0.237. The lowest BCUT2D eigenvalue weighted by molar-refractivity contribution is 0.571. The molecule has 0 bridgehead atoms. The number of aromatic nitrogens is 3. The molecule has 5 nitrogen and oxygen atoms in total. The number of halogens is 2. The van der Waals surface area contributed by atoms with Gasteiger partial charge in [-0.15, -0.1) is 0 Å². The Morgan fingerprint density at radius 1 is 1.15 bits per heavy atom. The maximum absolute atomic E-state index is 12.7. The quantitative estimate of drug-likeness (QED) is 0.512. The third-order valence-electron chi connectivity index (χ3n) is 4.03. The van der Waals surface area contributed by atoms with E-state index in [4.69, 9.17) is 27.6 Å². The second-order valence-corrected chi connectivity index (χ2v) is 6.82. The van der Waals surface area contributed by atoms with Crippen molar-refractivity contribution in [2.75, 3.05) is 0 Å². The number of hydrogen-bond donors (Lipinski definition) is 0. The van der Waals surface area contributed by atoms with E-state index in [0.717, 1.165) is 11.1 Å². The van der Waals surface area contributed by atoms with Crippen LogP contribution in [0.25, 0.3) is 22.4 Å². The standard InChI is InChI=1S/C19H13Cl2N3O2/c1-11-2-4-12(5-3-11)18-23-14(9-26-18)8-24-10-22-17-15(19(24)25)6-13(20)7-16(17)21/h2-7,9-10H,8H2,1H3. The van der Waals surface area contributed by atoms with Crippen LogP contribution < -0.4 is 5.56 Å². The van der Waals surface area contributed by atoms with Crippen LogP contribution in [0.15, 0.2) is 58.2 Å². The highest BCUT2D eigenvalue weighted by molar-refractivity contribution is 6.38. The lowest BCUT2D eigenvalue weighted by Gasteiger charge is -2.06. The second-order valence-electron chi connectivity index (χ2n) is 5.97. The minimum Gasteiger partial charge on any atom is -0.444 e. The van der Waals surface area contributed by atoms with Gasteiger partial charge in [-0.25, -0.2) is 9.97 Å². The summed E-state index contributed by atoms with van der Waals surface area (Å²) in [6.07, 6.45) is 2.99. The molecule has 0 unspecified atom stereocenters. The summed E-state index contributed by atoms with van der Waals surface area (Å²) in [5.74, 6) is 0.507. The van der Waals surface area contributed by atoms with E-state index in [-0.39, 0.29) is 12.1 Å². The lowest BCUT2D eigenvalue weighted by Crippen LogP contribution is -2.21. The zero-order chi connectivity index (χ0) is 18.3. The van der Waals surface area contributed by atoms with E-state index in [2.05, 4.69) is 9.97 Å². The predicted octanol–water partition coefficient (Wildman–Crippen LogP) is 4.72. The molecule has 0 aliphatic rings. The summed E-state index contributed by atoms with van der Waals surface area (Å²) in [5.41, 5.74) is 2.85. The van der Waals surface area contributed by atoms with Gasteiger partial charge >= 0.3 is 0 Å². The SMILES string of the molecule is Cc1ccc(-c2nc(Cn3cnc4c(Cl)cc(Cl)cc4c3=O)co2)cc1. The molecule has 0 aliphatic carbocycles. The van der Waals surface area contributed by atoms with E-state index in [1.165, 1.54) is 17.2 Å². The summed E-state index contributed by atoms with van der Waals surface area (Å²) in [4.78, 5) is 21.4. The number of hydrogen-bond acceptors (Lipinski definition) is 4. The Morgan fingerprint density at radius 3 is 2.69 bits per heavy atom. The van der Waals surface area contributed by atoms with Gasteiger partial charge in [0, 0.05) is 10.6 Å². The van der Waals surface area contributed by atoms with Crippen LogP contribution in [0, 0.1) is 6.92 Å². The molecule has 0 N–H and O–H groups in total. The molecule has 4 rings (SSSR count). The fourth-order valence-corrected chi connectivity index (χ4v) is 3.23. The van der Waals surface area contributed by atoms with Crippen molar-refractivity contribution < 1.29 is 4.42 Å². The van der Waals surface area contributed by atoms with Crippen LogP contribution in [0.3, 0.4) is 0 Å². The monoisotopic (exact) mass is 385 g/mol. The molecule has 0 aliphatic heterocycles. The van der Waals surface area contributed by atoms with Crippen molar-refractivity contribution in [2.24, 2.45) is 0 Å². The molecule has 0 saturated carbocycles. The van der Waals surface area contributed by atoms with Crippen LogP contribution >= 0.6 is 23.2 Å². The number of benzene rings is 2. The van der Waals surface area contributed by atoms with Gasteiger partial charge in [0.15, 0.2) is 0 Å². The Bertz CT molecular complexity index is 1160. The molecular formula is C19H13Cl2N3O2. The summed E-state index contributed by atoms with van der Waals surface area (Å²) in [6, 6.07) is 11.0. The highest BCUT2D eigenvalue weighted by Crippen LogP contribution is 2.24. The second kappa shape index (κ2) is 6.59. The first kappa shape index (κ1) is 16.8. The lowest BCUT2D eigenvalue weighted by atomic mass is 10.1. The first-order valence-electron chi connectivity index (χ1n) is 7.87. The van der Waals surface area contributed by atoms with Gasteiger partial charge in [0.2, 0.25) is 5.89 Å². The molecule has 0 amide bonds. The molecule has 2 aromatic heterocycles. The largest absolute Gasteiger partial charge is 0.444 e.